The van der Waals surface area contributed by atoms with Crippen LogP contribution in [0.15, 0.2) is 0 Å². The highest BCUT2D eigenvalue weighted by molar-refractivity contribution is 7.86. The molecule has 8 heavy (non-hydrogen) atoms. The van der Waals surface area contributed by atoms with Crippen LogP contribution >= 0.6 is 0 Å². The Morgan fingerprint density at radius 1 is 1.62 bits per heavy atom. The summed E-state index contributed by atoms with van der Waals surface area (Å²) in [6.45, 7) is 1.62. The molecule has 5 heteroatoms. The molecule has 50 valence electrons. The van der Waals surface area contributed by atoms with Crippen LogP contribution in [0.5, 0.6) is 0 Å². The Bertz CT molecular complexity index is 139. The van der Waals surface area contributed by atoms with E-state index in [0.29, 0.717) is 6.42 Å². The van der Waals surface area contributed by atoms with Gasteiger partial charge in [0.2, 0.25) is 0 Å². The van der Waals surface area contributed by atoms with Gasteiger partial charge in [-0.3, -0.25) is 0 Å². The minimum atomic E-state index is -3.84. The molecular formula is C3H7FO3S. The normalized spacial score (nSPS) is 11.8. The highest BCUT2D eigenvalue weighted by atomic mass is 32.2. The summed E-state index contributed by atoms with van der Waals surface area (Å²) >= 11 is 0. The first-order chi connectivity index (χ1) is 3.62. The van der Waals surface area contributed by atoms with E-state index >= 15 is 0 Å². The summed E-state index contributed by atoms with van der Waals surface area (Å²) in [7, 11) is -3.84. The van der Waals surface area contributed by atoms with E-state index in [1.807, 2.05) is 0 Å². The lowest BCUT2D eigenvalue weighted by molar-refractivity contribution is 0.00296. The fraction of sp³-hybridized carbons (Fsp3) is 1.00. The molecule has 0 N–H and O–H groups in total. The molecule has 0 aliphatic heterocycles. The lowest BCUT2D eigenvalue weighted by Gasteiger charge is -1.89. The number of hydrogen-bond acceptors (Lipinski definition) is 3. The molecule has 0 bridgehead atoms. The summed E-state index contributed by atoms with van der Waals surface area (Å²) < 4.78 is 33.5. The van der Waals surface area contributed by atoms with E-state index in [9.17, 15) is 12.9 Å². The standard InChI is InChI=1S/C3H7FO3S/c1-2-3-8(5,6)7-4/h2-3H2,1H3. The van der Waals surface area contributed by atoms with Gasteiger partial charge >= 0.3 is 0 Å². The molecule has 0 saturated carbocycles. The zero-order valence-corrected chi connectivity index (χ0v) is 5.24. The maximum atomic E-state index is 10.9. The van der Waals surface area contributed by atoms with E-state index in [4.69, 9.17) is 0 Å². The van der Waals surface area contributed by atoms with Gasteiger partial charge in [-0.25, -0.2) is 0 Å². The van der Waals surface area contributed by atoms with E-state index in [0.717, 1.165) is 0 Å². The van der Waals surface area contributed by atoms with E-state index in [1.165, 1.54) is 0 Å². The highest BCUT2D eigenvalue weighted by Gasteiger charge is 2.07. The Hall–Kier alpha value is -0.160. The molecule has 3 nitrogen and oxygen atoms in total. The molecule has 0 fully saturated rings. The fourth-order valence-electron chi connectivity index (χ4n) is 0.281. The van der Waals surface area contributed by atoms with Crippen molar-refractivity contribution in [1.29, 1.82) is 0 Å². The molecule has 0 rings (SSSR count). The van der Waals surface area contributed by atoms with Gasteiger partial charge in [-0.2, -0.15) is 8.42 Å². The van der Waals surface area contributed by atoms with Gasteiger partial charge in [-0.05, 0) is 10.9 Å². The summed E-state index contributed by atoms with van der Waals surface area (Å²) in [6.07, 6.45) is 0.367. The predicted octanol–water partition coefficient (Wildman–Crippen LogP) is 0.627. The molecule has 0 aromatic heterocycles. The van der Waals surface area contributed by atoms with Gasteiger partial charge in [0.15, 0.2) is 0 Å². The molecule has 0 heterocycles. The molecule has 0 amide bonds. The minimum Gasteiger partial charge on any atom is -0.197 e. The summed E-state index contributed by atoms with van der Waals surface area (Å²) in [5.74, 6) is -0.260. The second-order valence-corrected chi connectivity index (χ2v) is 2.97. The van der Waals surface area contributed by atoms with Gasteiger partial charge in [-0.1, -0.05) is 11.3 Å². The molecule has 0 aliphatic rings. The second-order valence-electron chi connectivity index (χ2n) is 1.32. The average Bonchev–Trinajstić information content (AvgIpc) is 1.67. The maximum Gasteiger partial charge on any atom is 0.297 e. The van der Waals surface area contributed by atoms with Crippen molar-refractivity contribution in [3.8, 4) is 0 Å². The topological polar surface area (TPSA) is 43.4 Å². The highest BCUT2D eigenvalue weighted by Crippen LogP contribution is 1.94. The van der Waals surface area contributed by atoms with Crippen LogP contribution in [-0.2, 0) is 14.5 Å². The monoisotopic (exact) mass is 142 g/mol. The predicted molar refractivity (Wildman–Crippen MR) is 26.3 cm³/mol. The first-order valence-corrected chi connectivity index (χ1v) is 3.73. The van der Waals surface area contributed by atoms with Crippen LogP contribution in [0.3, 0.4) is 0 Å². The zero-order chi connectivity index (χ0) is 6.62. The van der Waals surface area contributed by atoms with Gasteiger partial charge in [0.25, 0.3) is 10.1 Å². The van der Waals surface area contributed by atoms with E-state index < -0.39 is 10.1 Å². The van der Waals surface area contributed by atoms with Crippen molar-refractivity contribution in [2.24, 2.45) is 0 Å². The molecule has 0 radical (unpaired) electrons. The molecule has 0 aromatic carbocycles. The van der Waals surface area contributed by atoms with E-state index in [-0.39, 0.29) is 5.75 Å². The number of halogens is 1. The number of rotatable bonds is 3. The molecular weight excluding hydrogens is 135 g/mol. The van der Waals surface area contributed by atoms with Crippen LogP contribution in [0.25, 0.3) is 0 Å². The van der Waals surface area contributed by atoms with Gasteiger partial charge < -0.3 is 0 Å². The van der Waals surface area contributed by atoms with Gasteiger partial charge in [-0.15, -0.1) is 0 Å². The quantitative estimate of drug-likeness (QED) is 0.580. The van der Waals surface area contributed by atoms with Crippen LogP contribution in [0.1, 0.15) is 13.3 Å². The van der Waals surface area contributed by atoms with Gasteiger partial charge in [0.05, 0.1) is 5.75 Å². The molecule has 0 aromatic rings. The van der Waals surface area contributed by atoms with E-state index in [1.54, 1.807) is 6.92 Å². The molecule has 0 unspecified atom stereocenters. The summed E-state index contributed by atoms with van der Waals surface area (Å²) in [5, 5.41) is 0. The first-order valence-electron chi connectivity index (χ1n) is 2.15. The Morgan fingerprint density at radius 2 is 2.12 bits per heavy atom. The molecule has 0 saturated heterocycles. The van der Waals surface area contributed by atoms with Crippen molar-refractivity contribution in [3.05, 3.63) is 0 Å². The largest absolute Gasteiger partial charge is 0.297 e. The van der Waals surface area contributed by atoms with Crippen molar-refractivity contribution in [3.63, 3.8) is 0 Å². The second kappa shape index (κ2) is 2.99. The molecule has 0 aliphatic carbocycles. The van der Waals surface area contributed by atoms with E-state index in [2.05, 4.69) is 4.39 Å². The third-order valence-electron chi connectivity index (χ3n) is 0.550. The van der Waals surface area contributed by atoms with Gasteiger partial charge in [0, 0.05) is 0 Å². The molecule has 0 atom stereocenters. The zero-order valence-electron chi connectivity index (χ0n) is 4.43. The third kappa shape index (κ3) is 2.92. The van der Waals surface area contributed by atoms with Crippen LogP contribution in [0.4, 0.5) is 4.53 Å². The Labute approximate surface area is 47.5 Å². The first kappa shape index (κ1) is 7.84. The lowest BCUT2D eigenvalue weighted by Crippen LogP contribution is -2.03. The SMILES string of the molecule is CCCS(=O)(=O)OF. The Balaban J connectivity index is 3.76. The van der Waals surface area contributed by atoms with Crippen LogP contribution in [0, 0.1) is 0 Å². The van der Waals surface area contributed by atoms with Crippen molar-refractivity contribution >= 4 is 10.1 Å². The van der Waals surface area contributed by atoms with Crippen molar-refractivity contribution in [2.75, 3.05) is 5.75 Å². The lowest BCUT2D eigenvalue weighted by atomic mass is 10.6. The van der Waals surface area contributed by atoms with Crippen LogP contribution < -0.4 is 0 Å². The Kier molecular flexibility index (Phi) is 2.93. The smallest absolute Gasteiger partial charge is 0.197 e. The third-order valence-corrected chi connectivity index (χ3v) is 1.65. The summed E-state index contributed by atoms with van der Waals surface area (Å²) in [4.78, 5) is 0. The van der Waals surface area contributed by atoms with Crippen molar-refractivity contribution < 1.29 is 17.3 Å². The maximum absolute atomic E-state index is 10.9. The minimum absolute atomic E-state index is 0.260. The van der Waals surface area contributed by atoms with Crippen LogP contribution in [0.2, 0.25) is 0 Å². The fourth-order valence-corrected chi connectivity index (χ4v) is 0.844. The van der Waals surface area contributed by atoms with Crippen molar-refractivity contribution in [2.45, 2.75) is 13.3 Å². The van der Waals surface area contributed by atoms with Gasteiger partial charge in [0.1, 0.15) is 0 Å². The molecule has 0 spiro atoms. The summed E-state index contributed by atoms with van der Waals surface area (Å²) in [5.41, 5.74) is 0. The average molecular weight is 142 g/mol. The number of hydrogen-bond donors (Lipinski definition) is 0. The Morgan fingerprint density at radius 3 is 2.25 bits per heavy atom. The summed E-state index contributed by atoms with van der Waals surface area (Å²) in [6, 6.07) is 0. The van der Waals surface area contributed by atoms with Crippen molar-refractivity contribution in [1.82, 2.24) is 0 Å². The van der Waals surface area contributed by atoms with Crippen LogP contribution in [-0.4, -0.2) is 14.2 Å².